The summed E-state index contributed by atoms with van der Waals surface area (Å²) in [4.78, 5) is 15.9. The fourth-order valence-corrected chi connectivity index (χ4v) is 2.68. The van der Waals surface area contributed by atoms with Gasteiger partial charge in [-0.3, -0.25) is 4.98 Å². The Morgan fingerprint density at radius 3 is 2.63 bits per heavy atom. The molecule has 1 unspecified atom stereocenters. The van der Waals surface area contributed by atoms with E-state index in [0.29, 0.717) is 0 Å². The van der Waals surface area contributed by atoms with Gasteiger partial charge in [-0.2, -0.15) is 0 Å². The first kappa shape index (κ1) is 13.8. The normalized spacial score (nSPS) is 18.8. The first-order chi connectivity index (χ1) is 9.09. The number of aromatic nitrogens is 1. The van der Waals surface area contributed by atoms with Crippen molar-refractivity contribution in [2.24, 2.45) is 5.41 Å². The number of nitrogens with one attached hydrogen (secondary N) is 2. The number of hydrogen-bond donors (Lipinski definition) is 2. The van der Waals surface area contributed by atoms with E-state index in [1.807, 2.05) is 19.1 Å². The van der Waals surface area contributed by atoms with Gasteiger partial charge in [0.05, 0.1) is 6.04 Å². The molecule has 1 aliphatic carbocycles. The Kier molecular flexibility index (Phi) is 4.40. The Morgan fingerprint density at radius 2 is 2.00 bits per heavy atom. The minimum atomic E-state index is -0.0857. The van der Waals surface area contributed by atoms with Crippen molar-refractivity contribution in [1.82, 2.24) is 15.6 Å². The van der Waals surface area contributed by atoms with Crippen molar-refractivity contribution in [3.05, 3.63) is 30.1 Å². The van der Waals surface area contributed by atoms with Crippen molar-refractivity contribution in [1.29, 1.82) is 0 Å². The lowest BCUT2D eigenvalue weighted by atomic mass is 9.89. The summed E-state index contributed by atoms with van der Waals surface area (Å²) in [5.41, 5.74) is 1.36. The number of carbonyl (C=O) groups excluding carboxylic acids is 1. The van der Waals surface area contributed by atoms with Gasteiger partial charge in [-0.15, -0.1) is 0 Å². The van der Waals surface area contributed by atoms with Crippen molar-refractivity contribution in [3.63, 3.8) is 0 Å². The molecule has 1 fully saturated rings. The van der Waals surface area contributed by atoms with Crippen LogP contribution in [0.2, 0.25) is 0 Å². The second-order valence-electron chi connectivity index (χ2n) is 5.85. The van der Waals surface area contributed by atoms with Crippen LogP contribution in [0, 0.1) is 5.41 Å². The van der Waals surface area contributed by atoms with Crippen LogP contribution in [0.1, 0.15) is 51.1 Å². The smallest absolute Gasteiger partial charge is 0.315 e. The highest BCUT2D eigenvalue weighted by molar-refractivity contribution is 5.74. The van der Waals surface area contributed by atoms with Gasteiger partial charge in [-0.1, -0.05) is 19.8 Å². The summed E-state index contributed by atoms with van der Waals surface area (Å²) < 4.78 is 0. The summed E-state index contributed by atoms with van der Waals surface area (Å²) >= 11 is 0. The van der Waals surface area contributed by atoms with E-state index >= 15 is 0 Å². The fraction of sp³-hybridized carbons (Fsp3) is 0.600. The van der Waals surface area contributed by atoms with Crippen LogP contribution in [0.3, 0.4) is 0 Å². The molecule has 1 atom stereocenters. The molecule has 4 nitrogen and oxygen atoms in total. The summed E-state index contributed by atoms with van der Waals surface area (Å²) in [5, 5.41) is 5.96. The Balaban J connectivity index is 1.78. The molecule has 104 valence electrons. The Morgan fingerprint density at radius 1 is 1.37 bits per heavy atom. The predicted molar refractivity (Wildman–Crippen MR) is 75.8 cm³/mol. The van der Waals surface area contributed by atoms with E-state index in [4.69, 9.17) is 0 Å². The molecule has 1 aromatic heterocycles. The third-order valence-corrected chi connectivity index (χ3v) is 4.04. The molecule has 1 aliphatic rings. The molecular formula is C15H23N3O. The van der Waals surface area contributed by atoms with E-state index < -0.39 is 0 Å². The van der Waals surface area contributed by atoms with E-state index in [2.05, 4.69) is 22.5 Å². The van der Waals surface area contributed by atoms with Crippen molar-refractivity contribution >= 4 is 6.03 Å². The molecule has 0 spiro atoms. The second-order valence-corrected chi connectivity index (χ2v) is 5.85. The van der Waals surface area contributed by atoms with E-state index in [1.165, 1.54) is 25.7 Å². The summed E-state index contributed by atoms with van der Waals surface area (Å²) in [6.45, 7) is 5.00. The first-order valence-corrected chi connectivity index (χ1v) is 7.03. The van der Waals surface area contributed by atoms with E-state index in [0.717, 1.165) is 12.1 Å². The van der Waals surface area contributed by atoms with Crippen molar-refractivity contribution in [3.8, 4) is 0 Å². The molecule has 1 saturated carbocycles. The quantitative estimate of drug-likeness (QED) is 0.875. The average Bonchev–Trinajstić information content (AvgIpc) is 2.85. The Labute approximate surface area is 115 Å². The maximum Gasteiger partial charge on any atom is 0.315 e. The molecule has 1 aromatic rings. The van der Waals surface area contributed by atoms with Crippen LogP contribution in [0.25, 0.3) is 0 Å². The standard InChI is InChI=1S/C15H23N3O/c1-12(13-5-9-16-10-6-13)18-14(19)17-11-15(2)7-3-4-8-15/h5-6,9-10,12H,3-4,7-8,11H2,1-2H3,(H2,17,18,19). The monoisotopic (exact) mass is 261 g/mol. The zero-order chi connectivity index (χ0) is 13.7. The summed E-state index contributed by atoms with van der Waals surface area (Å²) in [7, 11) is 0. The van der Waals surface area contributed by atoms with Gasteiger partial charge in [0.15, 0.2) is 0 Å². The van der Waals surface area contributed by atoms with Gasteiger partial charge in [0.2, 0.25) is 0 Å². The topological polar surface area (TPSA) is 54.0 Å². The fourth-order valence-electron chi connectivity index (χ4n) is 2.68. The molecule has 0 bridgehead atoms. The molecule has 2 rings (SSSR count). The maximum atomic E-state index is 11.9. The van der Waals surface area contributed by atoms with E-state index in [1.54, 1.807) is 12.4 Å². The molecule has 19 heavy (non-hydrogen) atoms. The molecule has 2 amide bonds. The molecule has 0 saturated heterocycles. The summed E-state index contributed by atoms with van der Waals surface area (Å²) in [5.74, 6) is 0. The zero-order valence-corrected chi connectivity index (χ0v) is 11.8. The molecule has 1 heterocycles. The first-order valence-electron chi connectivity index (χ1n) is 7.03. The average molecular weight is 261 g/mol. The lowest BCUT2D eigenvalue weighted by Crippen LogP contribution is -2.41. The van der Waals surface area contributed by atoms with Crippen molar-refractivity contribution in [2.75, 3.05) is 6.54 Å². The van der Waals surface area contributed by atoms with Crippen molar-refractivity contribution < 1.29 is 4.79 Å². The van der Waals surface area contributed by atoms with Crippen LogP contribution in [0.4, 0.5) is 4.79 Å². The van der Waals surface area contributed by atoms with Crippen LogP contribution in [0.5, 0.6) is 0 Å². The molecular weight excluding hydrogens is 238 g/mol. The minimum absolute atomic E-state index is 0.000570. The predicted octanol–water partition coefficient (Wildman–Crippen LogP) is 3.02. The second kappa shape index (κ2) is 6.04. The minimum Gasteiger partial charge on any atom is -0.338 e. The number of hydrogen-bond acceptors (Lipinski definition) is 2. The summed E-state index contributed by atoms with van der Waals surface area (Å²) in [6, 6.07) is 3.75. The number of nitrogens with zero attached hydrogens (tertiary/aromatic N) is 1. The van der Waals surface area contributed by atoms with E-state index in [9.17, 15) is 4.79 Å². The Bertz CT molecular complexity index is 413. The number of carbonyl (C=O) groups is 1. The SMILES string of the molecule is CC(NC(=O)NCC1(C)CCCC1)c1ccncc1. The molecule has 0 aliphatic heterocycles. The molecule has 2 N–H and O–H groups in total. The van der Waals surface area contributed by atoms with Crippen LogP contribution >= 0.6 is 0 Å². The highest BCUT2D eigenvalue weighted by Gasteiger charge is 2.28. The van der Waals surface area contributed by atoms with Crippen LogP contribution in [-0.4, -0.2) is 17.6 Å². The maximum absolute atomic E-state index is 11.9. The van der Waals surface area contributed by atoms with Gasteiger partial charge in [0.1, 0.15) is 0 Å². The van der Waals surface area contributed by atoms with Gasteiger partial charge in [-0.05, 0) is 42.9 Å². The molecule has 4 heteroatoms. The van der Waals surface area contributed by atoms with Crippen LogP contribution < -0.4 is 10.6 Å². The third kappa shape index (κ3) is 3.94. The van der Waals surface area contributed by atoms with Crippen molar-refractivity contribution in [2.45, 2.75) is 45.6 Å². The number of amides is 2. The molecule has 0 aromatic carbocycles. The lowest BCUT2D eigenvalue weighted by Gasteiger charge is -2.24. The molecule has 0 radical (unpaired) electrons. The Hall–Kier alpha value is -1.58. The largest absolute Gasteiger partial charge is 0.338 e. The van der Waals surface area contributed by atoms with E-state index in [-0.39, 0.29) is 17.5 Å². The van der Waals surface area contributed by atoms with Gasteiger partial charge >= 0.3 is 6.03 Å². The number of urea groups is 1. The lowest BCUT2D eigenvalue weighted by molar-refractivity contribution is 0.229. The highest BCUT2D eigenvalue weighted by atomic mass is 16.2. The van der Waals surface area contributed by atoms with Gasteiger partial charge in [-0.25, -0.2) is 4.79 Å². The van der Waals surface area contributed by atoms with Crippen LogP contribution in [-0.2, 0) is 0 Å². The number of rotatable bonds is 4. The zero-order valence-electron chi connectivity index (χ0n) is 11.8. The highest BCUT2D eigenvalue weighted by Crippen LogP contribution is 2.36. The van der Waals surface area contributed by atoms with Gasteiger partial charge in [0.25, 0.3) is 0 Å². The van der Waals surface area contributed by atoms with Gasteiger partial charge < -0.3 is 10.6 Å². The summed E-state index contributed by atoms with van der Waals surface area (Å²) in [6.07, 6.45) is 8.48. The van der Waals surface area contributed by atoms with Gasteiger partial charge in [0, 0.05) is 18.9 Å². The van der Waals surface area contributed by atoms with Crippen LogP contribution in [0.15, 0.2) is 24.5 Å². The number of pyridine rings is 1. The third-order valence-electron chi connectivity index (χ3n) is 4.04.